The maximum atomic E-state index is 5.68. The zero-order valence-corrected chi connectivity index (χ0v) is 87.3. The lowest BCUT2D eigenvalue weighted by Gasteiger charge is -2.17. The zero-order valence-electron chi connectivity index (χ0n) is 84.9. The van der Waals surface area contributed by atoms with E-state index in [1.54, 1.807) is 61.6 Å². The quantitative estimate of drug-likeness (QED) is 0.155. The molecule has 14 heterocycles. The summed E-state index contributed by atoms with van der Waals surface area (Å²) in [5, 5.41) is 14.5. The second-order valence-electron chi connectivity index (χ2n) is 37.4. The summed E-state index contributed by atoms with van der Waals surface area (Å²) in [6.45, 7) is 3.35. The van der Waals surface area contributed by atoms with Crippen LogP contribution in [0, 0.1) is 0 Å². The Morgan fingerprint density at radius 2 is 0.600 bits per heavy atom. The van der Waals surface area contributed by atoms with Crippen LogP contribution in [-0.2, 0) is 89.9 Å². The van der Waals surface area contributed by atoms with Gasteiger partial charge in [-0.2, -0.15) is 0 Å². The zero-order chi connectivity index (χ0) is 101. The van der Waals surface area contributed by atoms with E-state index in [4.69, 9.17) is 23.4 Å². The summed E-state index contributed by atoms with van der Waals surface area (Å²) in [7, 11) is 0. The Hall–Kier alpha value is -16.0. The van der Waals surface area contributed by atoms with Crippen LogP contribution < -0.4 is 18.9 Å². The van der Waals surface area contributed by atoms with Crippen LogP contribution >= 0.6 is 34.0 Å². The number of para-hydroxylation sites is 6. The number of pyridine rings is 5. The van der Waals surface area contributed by atoms with Crippen molar-refractivity contribution in [3.05, 3.63) is 525 Å². The Labute approximate surface area is 891 Å². The highest BCUT2D eigenvalue weighted by molar-refractivity contribution is 7.17. The number of nitrogens with zero attached hydrogens (tertiary/aromatic N) is 6. The summed E-state index contributed by atoms with van der Waals surface area (Å²) >= 11 is 5.38. The van der Waals surface area contributed by atoms with Crippen LogP contribution in [-0.4, -0.2) is 61.3 Å². The van der Waals surface area contributed by atoms with Gasteiger partial charge in [-0.05, 0) is 355 Å². The molecule has 0 amide bonds. The third-order valence-electron chi connectivity index (χ3n) is 27.5. The van der Waals surface area contributed by atoms with E-state index in [1.807, 2.05) is 242 Å². The smallest absolute Gasteiger partial charge is 0.133 e. The molecule has 0 bridgehead atoms. The third-order valence-corrected chi connectivity index (χ3v) is 30.3. The summed E-state index contributed by atoms with van der Waals surface area (Å²) in [6, 6.07) is 133. The molecule has 4 aliphatic heterocycles. The Balaban J connectivity index is 0.000000101. The lowest BCUT2D eigenvalue weighted by molar-refractivity contribution is 0.288. The molecule has 12 nitrogen and oxygen atoms in total. The predicted octanol–water partition coefficient (Wildman–Crippen LogP) is 34.1. The second kappa shape index (κ2) is 54.6. The highest BCUT2D eigenvalue weighted by atomic mass is 32.1. The van der Waals surface area contributed by atoms with Gasteiger partial charge in [-0.3, -0.25) is 24.9 Å². The van der Waals surface area contributed by atoms with Crippen molar-refractivity contribution in [1.29, 1.82) is 0 Å². The number of aromatic nitrogens is 7. The average molecular weight is 2020 g/mol. The largest absolute Gasteiger partial charge is 0.493 e. The Morgan fingerprint density at radius 3 is 1.18 bits per heavy atom. The molecule has 15 heteroatoms. The second-order valence-corrected chi connectivity index (χ2v) is 40.3. The summed E-state index contributed by atoms with van der Waals surface area (Å²) < 4.78 is 29.7. The van der Waals surface area contributed by atoms with Crippen LogP contribution in [0.4, 0.5) is 0 Å². The number of fused-ring (bicyclic) bond motifs is 10. The minimum absolute atomic E-state index is 0.788. The number of H-pyrrole nitrogens is 1. The number of hydrogen-bond acceptors (Lipinski definition) is 14. The Kier molecular flexibility index (Phi) is 37.3. The fourth-order valence-electron chi connectivity index (χ4n) is 20.0. The normalized spacial score (nSPS) is 13.3. The maximum absolute atomic E-state index is 5.68. The van der Waals surface area contributed by atoms with Crippen LogP contribution in [0.15, 0.2) is 452 Å². The number of aryl methyl sites for hydroxylation is 12. The van der Waals surface area contributed by atoms with Crippen LogP contribution in [0.25, 0.3) is 96.7 Å². The first-order chi connectivity index (χ1) is 74.5. The van der Waals surface area contributed by atoms with Crippen LogP contribution in [0.2, 0.25) is 0 Å². The Bertz CT molecular complexity index is 7420. The molecule has 24 aromatic rings. The Morgan fingerprint density at radius 1 is 0.207 bits per heavy atom. The van der Waals surface area contributed by atoms with Gasteiger partial charge in [0.2, 0.25) is 0 Å². The first kappa shape index (κ1) is 103. The molecule has 748 valence electrons. The molecule has 0 spiro atoms. The van der Waals surface area contributed by atoms with Crippen LogP contribution in [0.5, 0.6) is 23.0 Å². The molecule has 0 unspecified atom stereocenters. The third kappa shape index (κ3) is 28.5. The van der Waals surface area contributed by atoms with Crippen molar-refractivity contribution in [3.8, 4) is 23.0 Å². The molecule has 9 aliphatic rings. The van der Waals surface area contributed by atoms with Crippen molar-refractivity contribution < 1.29 is 23.4 Å². The van der Waals surface area contributed by atoms with Crippen molar-refractivity contribution >= 4 is 131 Å². The van der Waals surface area contributed by atoms with Gasteiger partial charge in [0.1, 0.15) is 28.6 Å². The number of ether oxygens (including phenoxy) is 4. The first-order valence-corrected chi connectivity index (χ1v) is 55.4. The average Bonchev–Trinajstić information content (AvgIpc) is 1.36. The fourth-order valence-corrected chi connectivity index (χ4v) is 22.5. The van der Waals surface area contributed by atoms with E-state index in [9.17, 15) is 0 Å². The lowest BCUT2D eigenvalue weighted by atomic mass is 9.91. The highest BCUT2D eigenvalue weighted by Crippen LogP contribution is 2.36. The summed E-state index contributed by atoms with van der Waals surface area (Å²) in [5.41, 5.74) is 29.8. The molecular weight excluding hydrogens is 1900 g/mol. The minimum Gasteiger partial charge on any atom is -0.493 e. The molecule has 14 aromatic carbocycles. The highest BCUT2D eigenvalue weighted by Gasteiger charge is 2.19. The SMILES string of the molecule is c1cc2c(s1)CCC2.c1cc2c3c(ccnc3c1)CC2.c1cc2c3c(ccnc3c1)CCC2.c1cc2c3c(ccnc3c1)CCCO2.c1cc2c3c(ccnc3c1)CCO2.c1ccc2[nH]ccc2c1.c1ccc2c(c1)CCC2.c1ccc2c(c1)CCCC2.c1ccc2c(c1)CCCO2.c1ccc2c(c1)CCO2.c1ccc2ncccc2c1.c1ccc2occc2c1.c1ccc2sccc2c1.c1ccc2scnc2c1.c1ccccc1. The van der Waals surface area contributed by atoms with Gasteiger partial charge < -0.3 is 28.3 Å². The molecule has 0 atom stereocenters. The molecule has 0 saturated heterocycles. The van der Waals surface area contributed by atoms with Crippen LogP contribution in [0.1, 0.15) is 122 Å². The molecule has 0 saturated carbocycles. The lowest BCUT2D eigenvalue weighted by Crippen LogP contribution is -2.08. The van der Waals surface area contributed by atoms with Gasteiger partial charge in [0.25, 0.3) is 0 Å². The maximum Gasteiger partial charge on any atom is 0.133 e. The van der Waals surface area contributed by atoms with Gasteiger partial charge in [0.15, 0.2) is 0 Å². The van der Waals surface area contributed by atoms with Gasteiger partial charge in [-0.1, -0.05) is 249 Å². The van der Waals surface area contributed by atoms with E-state index in [0.717, 1.165) is 126 Å². The number of benzene rings is 14. The number of hydrogen-bond donors (Lipinski definition) is 1. The van der Waals surface area contributed by atoms with E-state index in [1.165, 1.54) is 200 Å². The summed E-state index contributed by atoms with van der Waals surface area (Å²) in [5.74, 6) is 4.11. The molecule has 0 fully saturated rings. The summed E-state index contributed by atoms with van der Waals surface area (Å²) in [4.78, 5) is 30.4. The van der Waals surface area contributed by atoms with Crippen molar-refractivity contribution in [1.82, 2.24) is 34.9 Å². The molecule has 10 aromatic heterocycles. The molecule has 1 N–H and O–H groups in total. The monoisotopic (exact) mass is 2020 g/mol. The number of aromatic amines is 1. The van der Waals surface area contributed by atoms with Crippen LogP contribution in [0.3, 0.4) is 0 Å². The van der Waals surface area contributed by atoms with E-state index >= 15 is 0 Å². The fraction of sp³-hybridized carbons (Fsp3) is 0.185. The van der Waals surface area contributed by atoms with Crippen molar-refractivity contribution in [2.75, 3.05) is 26.4 Å². The van der Waals surface area contributed by atoms with E-state index in [-0.39, 0.29) is 0 Å². The van der Waals surface area contributed by atoms with Gasteiger partial charge >= 0.3 is 0 Å². The van der Waals surface area contributed by atoms with E-state index < -0.39 is 0 Å². The number of nitrogens with one attached hydrogen (secondary N) is 1. The number of rotatable bonds is 0. The standard InChI is InChI=1S/C12H11NO.C12H11N.C11H9NO.C11H9N.C10H12.C9H7N.C9H10O.C9H10.C8H7N.C8H8O.C8H6O.C8H6S.C7H5NS.C7H8S.C6H6/c1-4-10-12-9(6-7-13-10)3-2-8-14-11(12)5-1;1-3-9-5-2-6-11-12(9)10(4-1)7-8-13-11;1-2-9-11-8(4-6-12-9)5-7-13-10(11)3-1;1-2-8-4-5-9-6-7-12-10(3-1)11(8)9;1-2-6-10-8-4-3-7-9(10)5-1;2*1-2-6-9-8(4-1)5-3-7-10-9;1-2-5-9-7-3-6-8(9)4-1;4*1-2-4-8-7(3-1)5-6-9-8;1-2-4-7-6(3-1)8-5-9-7;1-2-6-4-5-8-7(6)3-1;1-2-4-6-5-3-1/h1,4-7H,2-3,8H2;2,5-8H,1,3-4H2;1-4,6H,5,7H2;1-3,6-7H,4-5H2;1-2,5-6H,3-4,7-8H2;1-7H;1-2,4,6H,3,5,7H2;1-2,4-5H,3,6-7H2;1-6,9H;1-4H,5-6H2;2*1-6H;1-5H;4-5H,1-3H2;1-6H. The van der Waals surface area contributed by atoms with E-state index in [0.29, 0.717) is 0 Å². The van der Waals surface area contributed by atoms with Crippen molar-refractivity contribution in [2.24, 2.45) is 0 Å². The molecule has 150 heavy (non-hydrogen) atoms. The van der Waals surface area contributed by atoms with Gasteiger partial charge in [0, 0.05) is 97.4 Å². The molecule has 0 radical (unpaired) electrons. The number of furan rings is 1. The summed E-state index contributed by atoms with van der Waals surface area (Å²) in [6.07, 6.45) is 39.2. The van der Waals surface area contributed by atoms with Gasteiger partial charge in [-0.25, -0.2) is 4.98 Å². The number of thiazole rings is 1. The molecule has 5 aliphatic carbocycles. The molecule has 33 rings (SSSR count). The van der Waals surface area contributed by atoms with Crippen molar-refractivity contribution in [2.45, 2.75) is 135 Å². The number of thiophene rings is 2. The van der Waals surface area contributed by atoms with Gasteiger partial charge in [-0.15, -0.1) is 34.0 Å². The van der Waals surface area contributed by atoms with E-state index in [2.05, 4.69) is 246 Å². The molecular formula is C135H125N7O5S3. The topological polar surface area (TPSA) is 143 Å². The van der Waals surface area contributed by atoms with Crippen molar-refractivity contribution in [3.63, 3.8) is 0 Å². The predicted molar refractivity (Wildman–Crippen MR) is 627 cm³/mol. The minimum atomic E-state index is 0.788. The first-order valence-electron chi connectivity index (χ1n) is 52.7. The van der Waals surface area contributed by atoms with Gasteiger partial charge in [0.05, 0.1) is 76.0 Å².